The molecule has 1 N–H and O–H groups in total. The summed E-state index contributed by atoms with van der Waals surface area (Å²) < 4.78 is 31.5. The van der Waals surface area contributed by atoms with Gasteiger partial charge in [0.15, 0.2) is 0 Å². The van der Waals surface area contributed by atoms with Crippen molar-refractivity contribution in [3.8, 4) is 5.75 Å². The quantitative estimate of drug-likeness (QED) is 0.412. The standard InChI is InChI=1S/C27H39N3O5S/c1-6-17-28-27(32)21(3)29(20-23-10-8-11-25(19-23)35-4)26(31)12-9-18-30(36(5,33)34)24-15-13-22(7-2)14-16-24/h8,10-11,13-16,19,21H,6-7,9,12,17-18,20H2,1-5H3,(H,28,32)/t21-/m1/s1. The third kappa shape index (κ3) is 8.55. The van der Waals surface area contributed by atoms with Crippen molar-refractivity contribution >= 4 is 27.5 Å². The lowest BCUT2D eigenvalue weighted by Crippen LogP contribution is -2.47. The molecule has 36 heavy (non-hydrogen) atoms. The number of benzene rings is 2. The largest absolute Gasteiger partial charge is 0.497 e. The lowest BCUT2D eigenvalue weighted by atomic mass is 10.1. The van der Waals surface area contributed by atoms with E-state index in [2.05, 4.69) is 5.32 Å². The van der Waals surface area contributed by atoms with Crippen molar-refractivity contribution < 1.29 is 22.7 Å². The van der Waals surface area contributed by atoms with Gasteiger partial charge >= 0.3 is 0 Å². The second-order valence-corrected chi connectivity index (χ2v) is 10.7. The molecule has 2 aromatic carbocycles. The average molecular weight is 518 g/mol. The molecular weight excluding hydrogens is 478 g/mol. The van der Waals surface area contributed by atoms with Gasteiger partial charge < -0.3 is 15.0 Å². The number of rotatable bonds is 14. The second kappa shape index (κ2) is 13.9. The topological polar surface area (TPSA) is 96.0 Å². The molecule has 0 unspecified atom stereocenters. The molecule has 0 fully saturated rings. The van der Waals surface area contributed by atoms with Crippen molar-refractivity contribution in [2.45, 2.75) is 59.0 Å². The maximum absolute atomic E-state index is 13.3. The van der Waals surface area contributed by atoms with E-state index in [-0.39, 0.29) is 31.3 Å². The van der Waals surface area contributed by atoms with Gasteiger partial charge in [0.1, 0.15) is 11.8 Å². The van der Waals surface area contributed by atoms with Gasteiger partial charge in [-0.05, 0) is 61.6 Å². The molecule has 2 rings (SSSR count). The maximum atomic E-state index is 13.3. The number of nitrogens with one attached hydrogen (secondary N) is 1. The number of carbonyl (C=O) groups excluding carboxylic acids is 2. The molecule has 9 heteroatoms. The van der Waals surface area contributed by atoms with Gasteiger partial charge in [-0.3, -0.25) is 13.9 Å². The van der Waals surface area contributed by atoms with Gasteiger partial charge in [0.05, 0.1) is 19.1 Å². The minimum absolute atomic E-state index is 0.106. The highest BCUT2D eigenvalue weighted by atomic mass is 32.2. The monoisotopic (exact) mass is 517 g/mol. The van der Waals surface area contributed by atoms with E-state index in [0.717, 1.165) is 30.2 Å². The number of hydrogen-bond donors (Lipinski definition) is 1. The fraction of sp³-hybridized carbons (Fsp3) is 0.481. The number of ether oxygens (including phenoxy) is 1. The molecule has 0 saturated carbocycles. The maximum Gasteiger partial charge on any atom is 0.242 e. The molecule has 0 aliphatic heterocycles. The molecule has 1 atom stereocenters. The Hall–Kier alpha value is -3.07. The van der Waals surface area contributed by atoms with Gasteiger partial charge in [0, 0.05) is 26.1 Å². The van der Waals surface area contributed by atoms with Crippen LogP contribution in [0.25, 0.3) is 0 Å². The number of hydrogen-bond acceptors (Lipinski definition) is 5. The van der Waals surface area contributed by atoms with Gasteiger partial charge in [0.25, 0.3) is 0 Å². The first-order valence-electron chi connectivity index (χ1n) is 12.4. The van der Waals surface area contributed by atoms with E-state index in [1.807, 2.05) is 50.2 Å². The van der Waals surface area contributed by atoms with Gasteiger partial charge in [-0.1, -0.05) is 38.1 Å². The zero-order valence-corrected chi connectivity index (χ0v) is 22.8. The van der Waals surface area contributed by atoms with Crippen LogP contribution < -0.4 is 14.4 Å². The smallest absolute Gasteiger partial charge is 0.242 e. The lowest BCUT2D eigenvalue weighted by molar-refractivity contribution is -0.140. The number of nitrogens with zero attached hydrogens (tertiary/aromatic N) is 2. The number of amides is 2. The zero-order chi connectivity index (χ0) is 26.7. The van der Waals surface area contributed by atoms with Crippen LogP contribution in [0.5, 0.6) is 5.75 Å². The summed E-state index contributed by atoms with van der Waals surface area (Å²) in [5.74, 6) is 0.231. The molecule has 0 heterocycles. The van der Waals surface area contributed by atoms with E-state index in [9.17, 15) is 18.0 Å². The Bertz CT molecular complexity index is 1100. The summed E-state index contributed by atoms with van der Waals surface area (Å²) in [7, 11) is -1.95. The van der Waals surface area contributed by atoms with Crippen molar-refractivity contribution in [2.24, 2.45) is 0 Å². The first-order valence-corrected chi connectivity index (χ1v) is 14.2. The molecule has 0 aliphatic rings. The first kappa shape index (κ1) is 29.2. The van der Waals surface area contributed by atoms with Crippen LogP contribution in [0.1, 0.15) is 51.2 Å². The summed E-state index contributed by atoms with van der Waals surface area (Å²) in [6, 6.07) is 14.1. The van der Waals surface area contributed by atoms with Crippen molar-refractivity contribution in [3.05, 3.63) is 59.7 Å². The summed E-state index contributed by atoms with van der Waals surface area (Å²) in [5.41, 5.74) is 2.53. The molecule has 0 aromatic heterocycles. The third-order valence-electron chi connectivity index (χ3n) is 5.99. The second-order valence-electron chi connectivity index (χ2n) is 8.80. The molecule has 0 radical (unpaired) electrons. The van der Waals surface area contributed by atoms with E-state index in [0.29, 0.717) is 24.4 Å². The normalized spacial score (nSPS) is 12.0. The Morgan fingerprint density at radius 1 is 1.06 bits per heavy atom. The Labute approximate surface area is 215 Å². The summed E-state index contributed by atoms with van der Waals surface area (Å²) in [4.78, 5) is 27.6. The van der Waals surface area contributed by atoms with Crippen LogP contribution in [0, 0.1) is 0 Å². The highest BCUT2D eigenvalue weighted by Gasteiger charge is 2.26. The van der Waals surface area contributed by atoms with Crippen LogP contribution >= 0.6 is 0 Å². The third-order valence-corrected chi connectivity index (χ3v) is 7.18. The van der Waals surface area contributed by atoms with Crippen LogP contribution in [0.4, 0.5) is 5.69 Å². The highest BCUT2D eigenvalue weighted by molar-refractivity contribution is 7.92. The molecule has 0 spiro atoms. The number of carbonyl (C=O) groups is 2. The summed E-state index contributed by atoms with van der Waals surface area (Å²) in [6.45, 7) is 6.65. The summed E-state index contributed by atoms with van der Waals surface area (Å²) >= 11 is 0. The van der Waals surface area contributed by atoms with Crippen LogP contribution in [0.15, 0.2) is 48.5 Å². The summed E-state index contributed by atoms with van der Waals surface area (Å²) in [6.07, 6.45) is 3.25. The lowest BCUT2D eigenvalue weighted by Gasteiger charge is -2.29. The minimum atomic E-state index is -3.52. The van der Waals surface area contributed by atoms with Crippen molar-refractivity contribution in [1.29, 1.82) is 0 Å². The average Bonchev–Trinajstić information content (AvgIpc) is 2.87. The molecule has 2 amide bonds. The van der Waals surface area contributed by atoms with E-state index in [1.54, 1.807) is 31.1 Å². The van der Waals surface area contributed by atoms with Gasteiger partial charge in [-0.15, -0.1) is 0 Å². The Morgan fingerprint density at radius 3 is 2.33 bits per heavy atom. The fourth-order valence-corrected chi connectivity index (χ4v) is 4.81. The van der Waals surface area contributed by atoms with Crippen LogP contribution in [-0.4, -0.2) is 57.6 Å². The minimum Gasteiger partial charge on any atom is -0.497 e. The van der Waals surface area contributed by atoms with E-state index < -0.39 is 16.1 Å². The number of sulfonamides is 1. The highest BCUT2D eigenvalue weighted by Crippen LogP contribution is 2.21. The number of anilines is 1. The van der Waals surface area contributed by atoms with E-state index in [1.165, 1.54) is 4.31 Å². The SMILES string of the molecule is CCCNC(=O)[C@@H](C)N(Cc1cccc(OC)c1)C(=O)CCCN(c1ccc(CC)cc1)S(C)(=O)=O. The number of methoxy groups -OCH3 is 1. The molecule has 0 bridgehead atoms. The summed E-state index contributed by atoms with van der Waals surface area (Å²) in [5, 5.41) is 2.86. The number of aryl methyl sites for hydroxylation is 1. The van der Waals surface area contributed by atoms with Crippen molar-refractivity contribution in [2.75, 3.05) is 30.8 Å². The molecule has 0 aliphatic carbocycles. The Kier molecular flexibility index (Phi) is 11.2. The molecule has 8 nitrogen and oxygen atoms in total. The van der Waals surface area contributed by atoms with Gasteiger partial charge in [-0.25, -0.2) is 8.42 Å². The van der Waals surface area contributed by atoms with Crippen molar-refractivity contribution in [1.82, 2.24) is 10.2 Å². The molecule has 2 aromatic rings. The van der Waals surface area contributed by atoms with Crippen LogP contribution in [0.3, 0.4) is 0 Å². The van der Waals surface area contributed by atoms with Gasteiger partial charge in [0.2, 0.25) is 21.8 Å². The van der Waals surface area contributed by atoms with E-state index in [4.69, 9.17) is 4.74 Å². The predicted molar refractivity (Wildman–Crippen MR) is 144 cm³/mol. The van der Waals surface area contributed by atoms with Crippen LogP contribution in [-0.2, 0) is 32.6 Å². The van der Waals surface area contributed by atoms with Gasteiger partial charge in [-0.2, -0.15) is 0 Å². The predicted octanol–water partition coefficient (Wildman–Crippen LogP) is 3.75. The Morgan fingerprint density at radius 2 is 1.75 bits per heavy atom. The van der Waals surface area contributed by atoms with E-state index >= 15 is 0 Å². The molecular formula is C27H39N3O5S. The zero-order valence-electron chi connectivity index (χ0n) is 22.0. The Balaban J connectivity index is 2.16. The first-order chi connectivity index (χ1) is 17.1. The fourth-order valence-electron chi connectivity index (χ4n) is 3.85. The molecule has 198 valence electrons. The molecule has 0 saturated heterocycles. The van der Waals surface area contributed by atoms with Crippen LogP contribution in [0.2, 0.25) is 0 Å². The van der Waals surface area contributed by atoms with Crippen molar-refractivity contribution in [3.63, 3.8) is 0 Å².